The van der Waals surface area contributed by atoms with Gasteiger partial charge in [0.2, 0.25) is 17.7 Å². The molecule has 18 atom stereocenters. The van der Waals surface area contributed by atoms with Gasteiger partial charge in [0.25, 0.3) is 17.4 Å². The lowest BCUT2D eigenvalue weighted by molar-refractivity contribution is -0.356. The predicted molar refractivity (Wildman–Crippen MR) is 219 cm³/mol. The number of aliphatic hydroxyl groups is 10. The maximum absolute atomic E-state index is 13.5. The number of carboxylic acids is 3. The van der Waals surface area contributed by atoms with Crippen molar-refractivity contribution in [3.8, 4) is 0 Å². The Morgan fingerprint density at radius 2 is 0.875 bits per heavy atom. The quantitative estimate of drug-likeness (QED) is 0.0315. The van der Waals surface area contributed by atoms with Crippen molar-refractivity contribution in [2.75, 3.05) is 33.0 Å². The summed E-state index contributed by atoms with van der Waals surface area (Å²) >= 11 is 0. The molecule has 0 radical (unpaired) electrons. The van der Waals surface area contributed by atoms with Gasteiger partial charge in [-0.05, 0) is 0 Å². The minimum Gasteiger partial charge on any atom is -0.477 e. The Bertz CT molecular complexity index is 1980. The first-order chi connectivity index (χ1) is 33.5. The highest BCUT2D eigenvalue weighted by Crippen LogP contribution is 2.41. The van der Waals surface area contributed by atoms with E-state index in [1.165, 1.54) is 0 Å². The van der Waals surface area contributed by atoms with Crippen LogP contribution in [0.3, 0.4) is 0 Å². The molecule has 0 aromatic rings. The first kappa shape index (κ1) is 60.9. The standard InChI is InChI=1S/C39H59N3O30/c1-13(48)40-25-17(52)5-37(64,34(58)59)70-32(25)29(66-15(3)50)21(9-44)68-39(36(62)63)7-19(54)27(42-24(57)12-47)33(72-39)30(67-16(4)51)22(10-45)69-38(35(60)61)6-18(53)26(41-23(56)11-46)31(71-38)28(20(55)8-43)65-14(2)49/h17-22,25-33,43-47,52-55,64H,5-12H2,1-4H3,(H,40,48)(H,41,56)(H,42,57)(H,58,59)(H,60,61)(H,62,63)/t17-,18-,19-,20+,21+,22+,25+,26+,27+,28+,29+,30+,31+,32+,33+,37?,38+,39+/m0/s1. The number of amides is 3. The molecule has 3 aliphatic heterocycles. The van der Waals surface area contributed by atoms with E-state index >= 15 is 0 Å². The van der Waals surface area contributed by atoms with Gasteiger partial charge in [0.15, 0.2) is 18.3 Å². The monoisotopic (exact) mass is 1050 g/mol. The van der Waals surface area contributed by atoms with Gasteiger partial charge in [-0.15, -0.1) is 0 Å². The van der Waals surface area contributed by atoms with Crippen molar-refractivity contribution >= 4 is 53.5 Å². The summed E-state index contributed by atoms with van der Waals surface area (Å²) in [7, 11) is 0. The third kappa shape index (κ3) is 14.4. The van der Waals surface area contributed by atoms with E-state index in [2.05, 4.69) is 10.6 Å². The molecule has 0 saturated carbocycles. The third-order valence-electron chi connectivity index (χ3n) is 11.2. The molecule has 3 rings (SSSR count). The van der Waals surface area contributed by atoms with Gasteiger partial charge in [-0.1, -0.05) is 0 Å². The molecular formula is C39H59N3O30. The summed E-state index contributed by atoms with van der Waals surface area (Å²) in [6.45, 7) is -3.90. The number of nitrogens with one attached hydrogen (secondary N) is 3. The average molecular weight is 1050 g/mol. The summed E-state index contributed by atoms with van der Waals surface area (Å²) in [5, 5.41) is 144. The van der Waals surface area contributed by atoms with Crippen LogP contribution in [0, 0.1) is 0 Å². The SMILES string of the molecule is CC(=O)N[C@H]1[C@H]([C@H](OC(C)=O)[C@@H](CO)O[C@]2(C(=O)O)C[C@H](O)[C@@H](NC(=O)CO)[C@H]([C@H](OC(C)=O)[C@@H](CO)O[C@]3(C(=O)O)C[C@H](O)[C@@H](NC(=O)CO)[C@H]([C@H](OC(C)=O)[C@H](O)CO)O3)O2)OC(O)(C(=O)O)C[C@@H]1O. The number of carbonyl (C=O) groups is 9. The normalized spacial score (nSPS) is 33.0. The third-order valence-corrected chi connectivity index (χ3v) is 11.2. The molecule has 0 aromatic carbocycles. The molecule has 3 saturated heterocycles. The summed E-state index contributed by atoms with van der Waals surface area (Å²) in [4.78, 5) is 114. The van der Waals surface area contributed by atoms with Crippen molar-refractivity contribution in [1.29, 1.82) is 0 Å². The number of hydrogen-bond acceptors (Lipinski definition) is 27. The molecule has 33 nitrogen and oxygen atoms in total. The highest BCUT2D eigenvalue weighted by Gasteiger charge is 2.63. The number of rotatable bonds is 24. The maximum Gasteiger partial charge on any atom is 0.364 e. The largest absolute Gasteiger partial charge is 0.477 e. The summed E-state index contributed by atoms with van der Waals surface area (Å²) in [5.74, 6) is -24.5. The fourth-order valence-corrected chi connectivity index (χ4v) is 8.27. The molecule has 0 aromatic heterocycles. The fourth-order valence-electron chi connectivity index (χ4n) is 8.27. The second-order valence-electron chi connectivity index (χ2n) is 16.6. The van der Waals surface area contributed by atoms with Crippen LogP contribution in [-0.4, -0.2) is 262 Å². The van der Waals surface area contributed by atoms with Crippen LogP contribution in [0.4, 0.5) is 0 Å². The van der Waals surface area contributed by atoms with Crippen molar-refractivity contribution in [3.05, 3.63) is 0 Å². The molecule has 0 spiro atoms. The topological polar surface area (TPSA) is 527 Å². The van der Waals surface area contributed by atoms with Crippen LogP contribution in [-0.2, 0) is 81.0 Å². The first-order valence-corrected chi connectivity index (χ1v) is 21.4. The molecule has 3 fully saturated rings. The summed E-state index contributed by atoms with van der Waals surface area (Å²) in [5.41, 5.74) is 0. The number of ether oxygens (including phenoxy) is 8. The van der Waals surface area contributed by atoms with Crippen LogP contribution in [0.1, 0.15) is 47.0 Å². The average Bonchev–Trinajstić information content (AvgIpc) is 3.29. The Hall–Kier alpha value is -5.37. The van der Waals surface area contributed by atoms with Crippen LogP contribution in [0.5, 0.6) is 0 Å². The number of hydrogen-bond donors (Lipinski definition) is 16. The van der Waals surface area contributed by atoms with E-state index in [-0.39, 0.29) is 0 Å². The molecule has 410 valence electrons. The number of aliphatic carboxylic acids is 3. The van der Waals surface area contributed by atoms with Crippen molar-refractivity contribution in [3.63, 3.8) is 0 Å². The van der Waals surface area contributed by atoms with Crippen LogP contribution in [0.15, 0.2) is 0 Å². The highest BCUT2D eigenvalue weighted by atomic mass is 16.8. The van der Waals surface area contributed by atoms with Crippen molar-refractivity contribution < 1.29 is 147 Å². The summed E-state index contributed by atoms with van der Waals surface area (Å²) < 4.78 is 44.1. The van der Waals surface area contributed by atoms with E-state index in [4.69, 9.17) is 37.9 Å². The van der Waals surface area contributed by atoms with E-state index in [0.717, 1.165) is 20.8 Å². The van der Waals surface area contributed by atoms with Gasteiger partial charge in [-0.25, -0.2) is 14.4 Å². The van der Waals surface area contributed by atoms with Crippen LogP contribution in [0.2, 0.25) is 0 Å². The highest BCUT2D eigenvalue weighted by molar-refractivity contribution is 5.80. The zero-order valence-corrected chi connectivity index (χ0v) is 38.6. The van der Waals surface area contributed by atoms with Gasteiger partial charge in [0.1, 0.15) is 49.8 Å². The molecule has 72 heavy (non-hydrogen) atoms. The van der Waals surface area contributed by atoms with Gasteiger partial charge < -0.3 is 120 Å². The smallest absolute Gasteiger partial charge is 0.364 e. The molecule has 0 bridgehead atoms. The Morgan fingerprint density at radius 3 is 1.19 bits per heavy atom. The number of carbonyl (C=O) groups excluding carboxylic acids is 6. The summed E-state index contributed by atoms with van der Waals surface area (Å²) in [6.07, 6.45) is -32.1. The lowest BCUT2D eigenvalue weighted by Gasteiger charge is -2.51. The molecule has 1 unspecified atom stereocenters. The van der Waals surface area contributed by atoms with E-state index < -0.39 is 215 Å². The van der Waals surface area contributed by atoms with Crippen LogP contribution >= 0.6 is 0 Å². The second-order valence-corrected chi connectivity index (χ2v) is 16.6. The molecule has 3 amide bonds. The Morgan fingerprint density at radius 1 is 0.528 bits per heavy atom. The van der Waals surface area contributed by atoms with Gasteiger partial charge in [-0.3, -0.25) is 28.8 Å². The van der Waals surface area contributed by atoms with Crippen molar-refractivity contribution in [1.82, 2.24) is 16.0 Å². The van der Waals surface area contributed by atoms with Gasteiger partial charge in [-0.2, -0.15) is 0 Å². The molecule has 0 aliphatic carbocycles. The lowest BCUT2D eigenvalue weighted by atomic mass is 9.86. The fraction of sp³-hybridized carbons (Fsp3) is 0.769. The molecule has 33 heteroatoms. The molecule has 3 aliphatic rings. The first-order valence-electron chi connectivity index (χ1n) is 21.4. The van der Waals surface area contributed by atoms with E-state index in [1.807, 2.05) is 5.32 Å². The van der Waals surface area contributed by atoms with Crippen LogP contribution < -0.4 is 16.0 Å². The van der Waals surface area contributed by atoms with Gasteiger partial charge in [0.05, 0.1) is 56.3 Å². The second kappa shape index (κ2) is 25.5. The Labute approximate surface area is 405 Å². The van der Waals surface area contributed by atoms with E-state index in [0.29, 0.717) is 6.92 Å². The zero-order valence-electron chi connectivity index (χ0n) is 38.6. The number of aliphatic hydroxyl groups excluding tert-OH is 9. The lowest BCUT2D eigenvalue weighted by Crippen LogP contribution is -2.72. The number of esters is 3. The van der Waals surface area contributed by atoms with Crippen LogP contribution in [0.25, 0.3) is 0 Å². The van der Waals surface area contributed by atoms with Gasteiger partial charge in [0, 0.05) is 47.0 Å². The van der Waals surface area contributed by atoms with Crippen molar-refractivity contribution in [2.24, 2.45) is 0 Å². The Balaban J connectivity index is 2.31. The number of carboxylic acid groups (broad SMARTS) is 3. The minimum absolute atomic E-state index is 0.676. The van der Waals surface area contributed by atoms with Crippen molar-refractivity contribution in [2.45, 2.75) is 156 Å². The van der Waals surface area contributed by atoms with Gasteiger partial charge >= 0.3 is 35.8 Å². The molecule has 16 N–H and O–H groups in total. The predicted octanol–water partition coefficient (Wildman–Crippen LogP) is -9.87. The summed E-state index contributed by atoms with van der Waals surface area (Å²) in [6, 6.07) is -5.96. The maximum atomic E-state index is 13.5. The minimum atomic E-state index is -3.54. The zero-order chi connectivity index (χ0) is 54.8. The Kier molecular flexibility index (Phi) is 21.6. The van der Waals surface area contributed by atoms with E-state index in [9.17, 15) is 110 Å². The molecule has 3 heterocycles. The van der Waals surface area contributed by atoms with E-state index in [1.54, 1.807) is 0 Å². The molecular weight excluding hydrogens is 990 g/mol.